The van der Waals surface area contributed by atoms with Gasteiger partial charge in [0.25, 0.3) is 0 Å². The molecular formula is C13H15NO. The second-order valence-electron chi connectivity index (χ2n) is 4.50. The number of rotatable bonds is 2. The predicted molar refractivity (Wildman–Crippen MR) is 60.5 cm³/mol. The van der Waals surface area contributed by atoms with Gasteiger partial charge in [0.15, 0.2) is 6.29 Å². The first kappa shape index (κ1) is 8.96. The third-order valence-electron chi connectivity index (χ3n) is 3.70. The first-order valence-electron chi connectivity index (χ1n) is 5.74. The Morgan fingerprint density at radius 3 is 2.87 bits per heavy atom. The van der Waals surface area contributed by atoms with Crippen LogP contribution in [0.5, 0.6) is 0 Å². The Bertz CT molecular complexity index is 396. The summed E-state index contributed by atoms with van der Waals surface area (Å²) in [4.78, 5) is 13.5. The van der Waals surface area contributed by atoms with Crippen molar-refractivity contribution in [1.29, 1.82) is 0 Å². The molecule has 0 atom stereocenters. The SMILES string of the molecule is O=Cc1cccc2c1N(C1CCC1)CC2. The van der Waals surface area contributed by atoms with E-state index in [0.717, 1.165) is 24.8 Å². The molecule has 0 aromatic heterocycles. The summed E-state index contributed by atoms with van der Waals surface area (Å²) >= 11 is 0. The molecule has 0 bridgehead atoms. The van der Waals surface area contributed by atoms with Crippen LogP contribution in [0, 0.1) is 0 Å². The number of anilines is 1. The van der Waals surface area contributed by atoms with E-state index in [-0.39, 0.29) is 0 Å². The monoisotopic (exact) mass is 201 g/mol. The Balaban J connectivity index is 2.02. The number of para-hydroxylation sites is 1. The highest BCUT2D eigenvalue weighted by Gasteiger charge is 2.31. The van der Waals surface area contributed by atoms with E-state index >= 15 is 0 Å². The molecule has 0 N–H and O–H groups in total. The Labute approximate surface area is 89.9 Å². The molecule has 0 unspecified atom stereocenters. The zero-order chi connectivity index (χ0) is 10.3. The smallest absolute Gasteiger partial charge is 0.152 e. The van der Waals surface area contributed by atoms with E-state index in [0.29, 0.717) is 6.04 Å². The highest BCUT2D eigenvalue weighted by molar-refractivity contribution is 5.87. The summed E-state index contributed by atoms with van der Waals surface area (Å²) in [6.45, 7) is 1.10. The number of hydrogen-bond donors (Lipinski definition) is 0. The van der Waals surface area contributed by atoms with Gasteiger partial charge in [-0.1, -0.05) is 12.1 Å². The Morgan fingerprint density at radius 1 is 1.33 bits per heavy atom. The molecule has 1 fully saturated rings. The van der Waals surface area contributed by atoms with Crippen LogP contribution < -0.4 is 4.90 Å². The third kappa shape index (κ3) is 1.28. The zero-order valence-electron chi connectivity index (χ0n) is 8.78. The number of benzene rings is 1. The normalized spacial score (nSPS) is 19.9. The summed E-state index contributed by atoms with van der Waals surface area (Å²) in [6, 6.07) is 6.78. The van der Waals surface area contributed by atoms with Crippen molar-refractivity contribution in [2.24, 2.45) is 0 Å². The number of carbonyl (C=O) groups is 1. The Morgan fingerprint density at radius 2 is 2.20 bits per heavy atom. The second-order valence-corrected chi connectivity index (χ2v) is 4.50. The van der Waals surface area contributed by atoms with Gasteiger partial charge in [-0.05, 0) is 37.3 Å². The van der Waals surface area contributed by atoms with Crippen LogP contribution in [0.3, 0.4) is 0 Å². The molecule has 2 heteroatoms. The van der Waals surface area contributed by atoms with Crippen LogP contribution in [0.15, 0.2) is 18.2 Å². The molecule has 1 saturated carbocycles. The maximum Gasteiger partial charge on any atom is 0.152 e. The molecular weight excluding hydrogens is 186 g/mol. The van der Waals surface area contributed by atoms with E-state index in [9.17, 15) is 4.79 Å². The van der Waals surface area contributed by atoms with Crippen molar-refractivity contribution in [3.05, 3.63) is 29.3 Å². The van der Waals surface area contributed by atoms with E-state index < -0.39 is 0 Å². The summed E-state index contributed by atoms with van der Waals surface area (Å²) in [7, 11) is 0. The molecule has 2 aliphatic rings. The highest BCUT2D eigenvalue weighted by atomic mass is 16.1. The van der Waals surface area contributed by atoms with Crippen molar-refractivity contribution in [3.63, 3.8) is 0 Å². The summed E-state index contributed by atoms with van der Waals surface area (Å²) in [5.74, 6) is 0. The molecule has 0 radical (unpaired) electrons. The lowest BCUT2D eigenvalue weighted by Gasteiger charge is -2.37. The minimum Gasteiger partial charge on any atom is -0.367 e. The molecule has 0 saturated heterocycles. The van der Waals surface area contributed by atoms with E-state index in [1.165, 1.54) is 30.5 Å². The van der Waals surface area contributed by atoms with Gasteiger partial charge in [0.05, 0.1) is 5.69 Å². The first-order chi connectivity index (χ1) is 7.40. The predicted octanol–water partition coefficient (Wildman–Crippen LogP) is 2.41. The number of fused-ring (bicyclic) bond motifs is 1. The van der Waals surface area contributed by atoms with Crippen molar-refractivity contribution in [2.75, 3.05) is 11.4 Å². The molecule has 1 aromatic carbocycles. The van der Waals surface area contributed by atoms with Gasteiger partial charge in [-0.2, -0.15) is 0 Å². The molecule has 3 rings (SSSR count). The maximum atomic E-state index is 11.0. The highest BCUT2D eigenvalue weighted by Crippen LogP contribution is 2.37. The van der Waals surface area contributed by atoms with Crippen molar-refractivity contribution in [2.45, 2.75) is 31.7 Å². The van der Waals surface area contributed by atoms with Gasteiger partial charge >= 0.3 is 0 Å². The minimum atomic E-state index is 0.701. The standard InChI is InChI=1S/C13H15NO/c15-9-11-4-1-3-10-7-8-14(13(10)11)12-5-2-6-12/h1,3-4,9,12H,2,5-8H2. The second kappa shape index (κ2) is 3.37. The molecule has 1 aliphatic heterocycles. The van der Waals surface area contributed by atoms with Crippen LogP contribution in [0.2, 0.25) is 0 Å². The molecule has 15 heavy (non-hydrogen) atoms. The lowest BCUT2D eigenvalue weighted by Crippen LogP contribution is -2.39. The van der Waals surface area contributed by atoms with Crippen LogP contribution in [-0.2, 0) is 6.42 Å². The van der Waals surface area contributed by atoms with Crippen LogP contribution >= 0.6 is 0 Å². The van der Waals surface area contributed by atoms with Gasteiger partial charge in [-0.15, -0.1) is 0 Å². The minimum absolute atomic E-state index is 0.701. The summed E-state index contributed by atoms with van der Waals surface area (Å²) < 4.78 is 0. The Hall–Kier alpha value is -1.31. The van der Waals surface area contributed by atoms with Crippen molar-refractivity contribution in [1.82, 2.24) is 0 Å². The fraction of sp³-hybridized carbons (Fsp3) is 0.462. The lowest BCUT2D eigenvalue weighted by atomic mass is 9.91. The van der Waals surface area contributed by atoms with Crippen LogP contribution in [0.1, 0.15) is 35.2 Å². The number of aldehydes is 1. The largest absolute Gasteiger partial charge is 0.367 e. The van der Waals surface area contributed by atoms with Crippen LogP contribution in [0.25, 0.3) is 0 Å². The van der Waals surface area contributed by atoms with Crippen LogP contribution in [0.4, 0.5) is 5.69 Å². The summed E-state index contributed by atoms with van der Waals surface area (Å²) in [5.41, 5.74) is 3.45. The summed E-state index contributed by atoms with van der Waals surface area (Å²) in [6.07, 6.45) is 6.04. The first-order valence-corrected chi connectivity index (χ1v) is 5.74. The molecule has 1 heterocycles. The van der Waals surface area contributed by atoms with Gasteiger partial charge in [0, 0.05) is 18.2 Å². The Kier molecular flexibility index (Phi) is 2.01. The van der Waals surface area contributed by atoms with Crippen LogP contribution in [-0.4, -0.2) is 18.9 Å². The molecule has 2 nitrogen and oxygen atoms in total. The lowest BCUT2D eigenvalue weighted by molar-refractivity contribution is 0.112. The zero-order valence-corrected chi connectivity index (χ0v) is 8.78. The van der Waals surface area contributed by atoms with Gasteiger partial charge in [0.1, 0.15) is 0 Å². The number of hydrogen-bond acceptors (Lipinski definition) is 2. The van der Waals surface area contributed by atoms with Crippen molar-refractivity contribution < 1.29 is 4.79 Å². The quantitative estimate of drug-likeness (QED) is 0.685. The van der Waals surface area contributed by atoms with Crippen molar-refractivity contribution >= 4 is 12.0 Å². The van der Waals surface area contributed by atoms with E-state index in [1.807, 2.05) is 12.1 Å². The third-order valence-corrected chi connectivity index (χ3v) is 3.70. The molecule has 1 aromatic rings. The molecule has 0 spiro atoms. The molecule has 1 aliphatic carbocycles. The van der Waals surface area contributed by atoms with Gasteiger partial charge in [-0.3, -0.25) is 4.79 Å². The average Bonchev–Trinajstić information content (AvgIpc) is 2.59. The fourth-order valence-corrected chi connectivity index (χ4v) is 2.67. The average molecular weight is 201 g/mol. The van der Waals surface area contributed by atoms with E-state index in [2.05, 4.69) is 11.0 Å². The molecule has 0 amide bonds. The van der Waals surface area contributed by atoms with E-state index in [4.69, 9.17) is 0 Å². The molecule has 78 valence electrons. The number of nitrogens with zero attached hydrogens (tertiary/aromatic N) is 1. The van der Waals surface area contributed by atoms with Gasteiger partial charge in [-0.25, -0.2) is 0 Å². The summed E-state index contributed by atoms with van der Waals surface area (Å²) in [5, 5.41) is 0. The van der Waals surface area contributed by atoms with E-state index in [1.54, 1.807) is 0 Å². The fourth-order valence-electron chi connectivity index (χ4n) is 2.67. The maximum absolute atomic E-state index is 11.0. The number of carbonyl (C=O) groups excluding carboxylic acids is 1. The van der Waals surface area contributed by atoms with Gasteiger partial charge < -0.3 is 4.90 Å². The van der Waals surface area contributed by atoms with Gasteiger partial charge in [0.2, 0.25) is 0 Å². The topological polar surface area (TPSA) is 20.3 Å². The van der Waals surface area contributed by atoms with Crippen molar-refractivity contribution in [3.8, 4) is 0 Å².